The largest absolute Gasteiger partial charge is 0.309 e. The number of hydrogen-bond donors (Lipinski definition) is 0. The van der Waals surface area contributed by atoms with E-state index in [9.17, 15) is 0 Å². The van der Waals surface area contributed by atoms with E-state index in [1.807, 2.05) is 0 Å². The molecule has 3 aromatic heterocycles. The second kappa shape index (κ2) is 9.97. The van der Waals surface area contributed by atoms with E-state index in [0.717, 1.165) is 12.1 Å². The van der Waals surface area contributed by atoms with Crippen LogP contribution in [0.15, 0.2) is 170 Å². The van der Waals surface area contributed by atoms with Gasteiger partial charge in [0.1, 0.15) is 0 Å². The molecule has 0 N–H and O–H groups in total. The van der Waals surface area contributed by atoms with Crippen LogP contribution in [0.4, 0.5) is 0 Å². The molecule has 0 unspecified atom stereocenters. The third kappa shape index (κ3) is 3.56. The van der Waals surface area contributed by atoms with Gasteiger partial charge >= 0.3 is 0 Å². The van der Waals surface area contributed by atoms with Crippen LogP contribution in [0.3, 0.4) is 0 Å². The molecule has 0 fully saturated rings. The molecule has 0 bridgehead atoms. The number of rotatable bonds is 2. The lowest BCUT2D eigenvalue weighted by molar-refractivity contribution is 1.18. The lowest BCUT2D eigenvalue weighted by Crippen LogP contribution is -1.93. The highest BCUT2D eigenvalue weighted by molar-refractivity contribution is 6.33. The summed E-state index contributed by atoms with van der Waals surface area (Å²) in [6.45, 7) is 0. The van der Waals surface area contributed by atoms with Crippen molar-refractivity contribution in [2.45, 2.75) is 6.42 Å². The van der Waals surface area contributed by atoms with Crippen molar-refractivity contribution in [1.29, 1.82) is 0 Å². The lowest BCUT2D eigenvalue weighted by atomic mass is 10.00. The molecule has 3 heterocycles. The number of nitrogens with zero attached hydrogens (tertiary/aromatic N) is 2. The zero-order chi connectivity index (χ0) is 33.2. The minimum Gasteiger partial charge on any atom is -0.309 e. The molecule has 0 amide bonds. The van der Waals surface area contributed by atoms with Crippen molar-refractivity contribution in [3.8, 4) is 16.8 Å². The first kappa shape index (κ1) is 27.2. The molecule has 0 atom stereocenters. The summed E-state index contributed by atoms with van der Waals surface area (Å²) in [6.07, 6.45) is 0.972. The Morgan fingerprint density at radius 1 is 0.314 bits per heavy atom. The number of hydrogen-bond acceptors (Lipinski definition) is 0. The van der Waals surface area contributed by atoms with Gasteiger partial charge in [0.25, 0.3) is 0 Å². The summed E-state index contributed by atoms with van der Waals surface area (Å²) in [6, 6.07) is 63.1. The Bertz CT molecular complexity index is 3310. The number of aromatic nitrogens is 2. The van der Waals surface area contributed by atoms with Gasteiger partial charge in [-0.05, 0) is 86.6 Å². The lowest BCUT2D eigenvalue weighted by Gasteiger charge is -2.10. The van der Waals surface area contributed by atoms with Crippen LogP contribution in [0.5, 0.6) is 0 Å². The van der Waals surface area contributed by atoms with Crippen molar-refractivity contribution in [2.24, 2.45) is 0 Å². The fraction of sp³-hybridized carbons (Fsp3) is 0.0204. The SMILES string of the molecule is c1ccc(-c2ccc(-n3c4ccccc4c4c5c6cccc7c8cccc9c8c8c(cccc8c8ccccc8n(c5ccc43)c76)C9)cc2)cc1. The maximum atomic E-state index is 2.56. The standard InChI is InChI=1S/C49H30N2/c1-2-11-30(12-3-1)31-23-25-34(26-24-31)50-42-22-7-5-16-39(42)47-43(50)27-28-44-48(47)40-20-10-19-38-37-18-9-14-33-29-32-13-8-17-36(45(32)46(33)37)35-15-4-6-21-41(35)51(44)49(38)40/h1-28H,29H2. The molecule has 8 aromatic carbocycles. The third-order valence-electron chi connectivity index (χ3n) is 11.5. The van der Waals surface area contributed by atoms with E-state index in [1.54, 1.807) is 0 Å². The molecule has 2 nitrogen and oxygen atoms in total. The maximum Gasteiger partial charge on any atom is 0.0620 e. The van der Waals surface area contributed by atoms with Gasteiger partial charge < -0.3 is 8.97 Å². The van der Waals surface area contributed by atoms with E-state index >= 15 is 0 Å². The Hall–Kier alpha value is -6.64. The number of fused-ring (bicyclic) bond motifs is 11. The smallest absolute Gasteiger partial charge is 0.0620 e. The molecule has 2 heteroatoms. The third-order valence-corrected chi connectivity index (χ3v) is 11.5. The minimum atomic E-state index is 0.972. The van der Waals surface area contributed by atoms with Gasteiger partial charge in [-0.3, -0.25) is 0 Å². The van der Waals surface area contributed by atoms with Crippen molar-refractivity contribution in [3.05, 3.63) is 181 Å². The molecule has 236 valence electrons. The number of para-hydroxylation sites is 3. The molecule has 12 rings (SSSR count). The summed E-state index contributed by atoms with van der Waals surface area (Å²) >= 11 is 0. The van der Waals surface area contributed by atoms with Crippen LogP contribution in [-0.2, 0) is 6.42 Å². The Morgan fingerprint density at radius 3 is 1.65 bits per heavy atom. The van der Waals surface area contributed by atoms with Crippen molar-refractivity contribution in [2.75, 3.05) is 0 Å². The Balaban J connectivity index is 1.30. The summed E-state index contributed by atoms with van der Waals surface area (Å²) in [5.41, 5.74) is 12.6. The van der Waals surface area contributed by atoms with Crippen LogP contribution in [0.25, 0.3) is 98.3 Å². The van der Waals surface area contributed by atoms with Gasteiger partial charge in [0.2, 0.25) is 0 Å². The van der Waals surface area contributed by atoms with Crippen LogP contribution in [0.1, 0.15) is 11.1 Å². The molecule has 0 saturated heterocycles. The van der Waals surface area contributed by atoms with E-state index < -0.39 is 0 Å². The van der Waals surface area contributed by atoms with Crippen molar-refractivity contribution in [1.82, 2.24) is 8.97 Å². The Labute approximate surface area is 293 Å². The highest BCUT2D eigenvalue weighted by Gasteiger charge is 2.23. The summed E-state index contributed by atoms with van der Waals surface area (Å²) in [5, 5.41) is 13.1. The van der Waals surface area contributed by atoms with Crippen molar-refractivity contribution >= 4 is 81.4 Å². The summed E-state index contributed by atoms with van der Waals surface area (Å²) in [4.78, 5) is 0. The fourth-order valence-electron chi connectivity index (χ4n) is 9.43. The molecule has 51 heavy (non-hydrogen) atoms. The van der Waals surface area contributed by atoms with Gasteiger partial charge in [0, 0.05) is 38.0 Å². The Kier molecular flexibility index (Phi) is 5.32. The first-order valence-electron chi connectivity index (χ1n) is 17.8. The topological polar surface area (TPSA) is 9.34 Å². The molecule has 0 spiro atoms. The number of benzene rings is 8. The molecule has 1 aliphatic rings. The van der Waals surface area contributed by atoms with Crippen LogP contribution in [-0.4, -0.2) is 8.97 Å². The second-order valence-corrected chi connectivity index (χ2v) is 14.0. The second-order valence-electron chi connectivity index (χ2n) is 14.0. The molecule has 0 aliphatic heterocycles. The summed E-state index contributed by atoms with van der Waals surface area (Å²) in [7, 11) is 0. The molecule has 11 aromatic rings. The van der Waals surface area contributed by atoms with Crippen LogP contribution in [0.2, 0.25) is 0 Å². The average Bonchev–Trinajstić information content (AvgIpc) is 3.86. The zero-order valence-electron chi connectivity index (χ0n) is 27.8. The van der Waals surface area contributed by atoms with Crippen molar-refractivity contribution in [3.63, 3.8) is 0 Å². The van der Waals surface area contributed by atoms with Gasteiger partial charge in [-0.1, -0.05) is 133 Å². The minimum absolute atomic E-state index is 0.972. The normalized spacial score (nSPS) is 12.6. The van der Waals surface area contributed by atoms with E-state index in [2.05, 4.69) is 179 Å². The molecular formula is C49H30N2. The highest BCUT2D eigenvalue weighted by Crippen LogP contribution is 2.46. The van der Waals surface area contributed by atoms with Gasteiger partial charge in [0.05, 0.1) is 27.6 Å². The quantitative estimate of drug-likeness (QED) is 0.177. The van der Waals surface area contributed by atoms with E-state index in [-0.39, 0.29) is 0 Å². The fourth-order valence-corrected chi connectivity index (χ4v) is 9.43. The monoisotopic (exact) mass is 646 g/mol. The maximum absolute atomic E-state index is 2.56. The van der Waals surface area contributed by atoms with Crippen molar-refractivity contribution < 1.29 is 0 Å². The highest BCUT2D eigenvalue weighted by atomic mass is 15.0. The van der Waals surface area contributed by atoms with Crippen LogP contribution < -0.4 is 0 Å². The first-order valence-corrected chi connectivity index (χ1v) is 17.8. The van der Waals surface area contributed by atoms with Gasteiger partial charge in [-0.25, -0.2) is 0 Å². The van der Waals surface area contributed by atoms with Crippen LogP contribution in [0, 0.1) is 0 Å². The van der Waals surface area contributed by atoms with Gasteiger partial charge in [-0.15, -0.1) is 0 Å². The molecule has 0 saturated carbocycles. The molecule has 0 radical (unpaired) electrons. The van der Waals surface area contributed by atoms with E-state index in [4.69, 9.17) is 0 Å². The average molecular weight is 647 g/mol. The van der Waals surface area contributed by atoms with Gasteiger partial charge in [-0.2, -0.15) is 0 Å². The molecule has 1 aliphatic carbocycles. The summed E-state index contributed by atoms with van der Waals surface area (Å²) < 4.78 is 5.01. The zero-order valence-corrected chi connectivity index (χ0v) is 27.8. The summed E-state index contributed by atoms with van der Waals surface area (Å²) in [5.74, 6) is 0. The Morgan fingerprint density at radius 2 is 0.863 bits per heavy atom. The molecular weight excluding hydrogens is 617 g/mol. The first-order chi connectivity index (χ1) is 25.3. The van der Waals surface area contributed by atoms with Crippen LogP contribution >= 0.6 is 0 Å². The predicted molar refractivity (Wildman–Crippen MR) is 216 cm³/mol. The van der Waals surface area contributed by atoms with E-state index in [1.165, 1.54) is 104 Å². The van der Waals surface area contributed by atoms with Gasteiger partial charge in [0.15, 0.2) is 0 Å². The van der Waals surface area contributed by atoms with E-state index in [0.29, 0.717) is 0 Å². The predicted octanol–water partition coefficient (Wildman–Crippen LogP) is 12.9.